The lowest BCUT2D eigenvalue weighted by Gasteiger charge is -2.35. The smallest absolute Gasteiger partial charge is 0.319 e. The largest absolute Gasteiger partial charge is 0.394 e. The molecular weight excluding hydrogens is 376 g/mol. The summed E-state index contributed by atoms with van der Waals surface area (Å²) in [7, 11) is 0. The van der Waals surface area contributed by atoms with Crippen LogP contribution < -0.4 is 16.0 Å². The highest BCUT2D eigenvalue weighted by molar-refractivity contribution is 5.91. The Morgan fingerprint density at radius 1 is 1.17 bits per heavy atom. The second-order valence-corrected chi connectivity index (χ2v) is 7.08. The summed E-state index contributed by atoms with van der Waals surface area (Å²) >= 11 is 0. The molecule has 0 unspecified atom stereocenters. The van der Waals surface area contributed by atoms with Crippen molar-refractivity contribution >= 4 is 23.3 Å². The molecule has 1 aliphatic rings. The van der Waals surface area contributed by atoms with Crippen LogP contribution >= 0.6 is 0 Å². The van der Waals surface area contributed by atoms with Crippen LogP contribution in [-0.2, 0) is 9.53 Å². The van der Waals surface area contributed by atoms with Crippen molar-refractivity contribution in [3.05, 3.63) is 41.8 Å². The summed E-state index contributed by atoms with van der Waals surface area (Å²) in [6.45, 7) is 3.19. The highest BCUT2D eigenvalue weighted by Gasteiger charge is 2.33. The van der Waals surface area contributed by atoms with Crippen molar-refractivity contribution in [3.63, 3.8) is 0 Å². The molecule has 156 valence electrons. The van der Waals surface area contributed by atoms with Gasteiger partial charge in [-0.1, -0.05) is 23.4 Å². The lowest BCUT2D eigenvalue weighted by molar-refractivity contribution is -0.126. The minimum atomic E-state index is -0.589. The van der Waals surface area contributed by atoms with E-state index in [1.54, 1.807) is 13.8 Å². The Kier molecular flexibility index (Phi) is 6.84. The van der Waals surface area contributed by atoms with Gasteiger partial charge in [-0.3, -0.25) is 4.79 Å². The third kappa shape index (κ3) is 5.55. The van der Waals surface area contributed by atoms with Crippen molar-refractivity contribution in [1.29, 1.82) is 0 Å². The maximum absolute atomic E-state index is 12.3. The minimum absolute atomic E-state index is 0.152. The number of rotatable bonds is 6. The molecule has 0 aliphatic carbocycles. The van der Waals surface area contributed by atoms with Crippen LogP contribution in [-0.4, -0.2) is 47.1 Å². The van der Waals surface area contributed by atoms with E-state index in [9.17, 15) is 14.7 Å². The van der Waals surface area contributed by atoms with Crippen molar-refractivity contribution in [2.24, 2.45) is 0 Å². The number of anilines is 2. The van der Waals surface area contributed by atoms with Gasteiger partial charge < -0.3 is 30.3 Å². The van der Waals surface area contributed by atoms with E-state index in [-0.39, 0.29) is 31.1 Å². The Labute approximate surface area is 168 Å². The Bertz CT molecular complexity index is 819. The Balaban J connectivity index is 1.50. The molecule has 0 saturated carbocycles. The van der Waals surface area contributed by atoms with Crippen molar-refractivity contribution in [2.75, 3.05) is 17.2 Å². The Hall–Kier alpha value is -2.91. The van der Waals surface area contributed by atoms with Crippen LogP contribution in [0.5, 0.6) is 0 Å². The molecule has 3 rings (SSSR count). The number of aromatic nitrogens is 1. The van der Waals surface area contributed by atoms with Crippen LogP contribution in [0.2, 0.25) is 0 Å². The number of para-hydroxylation sites is 1. The SMILES string of the molecule is Cc1noc(C)c1NC(=O)N[C@@H]1CC[C@H](CC(=O)Nc2ccccc2)O[C@H]1CO. The van der Waals surface area contributed by atoms with E-state index >= 15 is 0 Å². The molecule has 1 fully saturated rings. The highest BCUT2D eigenvalue weighted by Crippen LogP contribution is 2.23. The van der Waals surface area contributed by atoms with E-state index < -0.39 is 12.1 Å². The Morgan fingerprint density at radius 2 is 1.93 bits per heavy atom. The fourth-order valence-corrected chi connectivity index (χ4v) is 3.37. The summed E-state index contributed by atoms with van der Waals surface area (Å²) in [6.07, 6.45) is 0.454. The average Bonchev–Trinajstić information content (AvgIpc) is 3.01. The first-order valence-electron chi connectivity index (χ1n) is 9.58. The van der Waals surface area contributed by atoms with E-state index in [4.69, 9.17) is 9.26 Å². The predicted octanol–water partition coefficient (Wildman–Crippen LogP) is 2.35. The normalized spacial score (nSPS) is 21.4. The molecule has 9 nitrogen and oxygen atoms in total. The number of hydrogen-bond acceptors (Lipinski definition) is 6. The van der Waals surface area contributed by atoms with Gasteiger partial charge in [0.25, 0.3) is 0 Å². The molecule has 1 aromatic heterocycles. The maximum Gasteiger partial charge on any atom is 0.319 e. The molecule has 3 amide bonds. The van der Waals surface area contributed by atoms with Gasteiger partial charge in [0, 0.05) is 5.69 Å². The molecule has 0 radical (unpaired) electrons. The van der Waals surface area contributed by atoms with Crippen LogP contribution in [0.3, 0.4) is 0 Å². The summed E-state index contributed by atoms with van der Waals surface area (Å²) < 4.78 is 10.9. The second kappa shape index (κ2) is 9.53. The topological polar surface area (TPSA) is 126 Å². The summed E-state index contributed by atoms with van der Waals surface area (Å²) in [4.78, 5) is 24.5. The molecule has 1 aromatic carbocycles. The number of aryl methyl sites for hydroxylation is 2. The van der Waals surface area contributed by atoms with Gasteiger partial charge in [0.1, 0.15) is 17.5 Å². The van der Waals surface area contributed by atoms with E-state index in [2.05, 4.69) is 21.1 Å². The molecule has 9 heteroatoms. The van der Waals surface area contributed by atoms with Crippen LogP contribution in [0, 0.1) is 13.8 Å². The molecular formula is C20H26N4O5. The number of carbonyl (C=O) groups is 2. The second-order valence-electron chi connectivity index (χ2n) is 7.08. The van der Waals surface area contributed by atoms with Gasteiger partial charge in [0.15, 0.2) is 5.76 Å². The number of aliphatic hydroxyl groups is 1. The van der Waals surface area contributed by atoms with Crippen LogP contribution in [0.15, 0.2) is 34.9 Å². The van der Waals surface area contributed by atoms with E-state index in [1.165, 1.54) is 0 Å². The van der Waals surface area contributed by atoms with Crippen LogP contribution in [0.4, 0.5) is 16.2 Å². The van der Waals surface area contributed by atoms with Crippen LogP contribution in [0.25, 0.3) is 0 Å². The number of benzene rings is 1. The summed E-state index contributed by atoms with van der Waals surface area (Å²) in [5, 5.41) is 21.8. The molecule has 0 bridgehead atoms. The molecule has 2 aromatic rings. The maximum atomic E-state index is 12.3. The first kappa shape index (κ1) is 20.8. The summed E-state index contributed by atoms with van der Waals surface area (Å²) in [5.41, 5.74) is 1.83. The molecule has 0 spiro atoms. The lowest BCUT2D eigenvalue weighted by atomic mass is 9.97. The van der Waals surface area contributed by atoms with Gasteiger partial charge in [-0.15, -0.1) is 0 Å². The highest BCUT2D eigenvalue weighted by atomic mass is 16.5. The van der Waals surface area contributed by atoms with Crippen molar-refractivity contribution in [3.8, 4) is 0 Å². The molecule has 1 aliphatic heterocycles. The van der Waals surface area contributed by atoms with Gasteiger partial charge in [0.05, 0.1) is 25.2 Å². The first-order valence-corrected chi connectivity index (χ1v) is 9.58. The number of amides is 3. The summed E-state index contributed by atoms with van der Waals surface area (Å²) in [5.74, 6) is 0.362. The average molecular weight is 402 g/mol. The van der Waals surface area contributed by atoms with Crippen LogP contribution in [0.1, 0.15) is 30.7 Å². The first-order chi connectivity index (χ1) is 14.0. The standard InChI is InChI=1S/C20H26N4O5/c1-12-19(13(2)29-24-12)23-20(27)22-16-9-8-15(28-17(16)11-25)10-18(26)21-14-6-4-3-5-7-14/h3-7,15-17,25H,8-11H2,1-2H3,(H,21,26)(H2,22,23,27)/t15-,16-,17+/m1/s1. The number of nitrogens with one attached hydrogen (secondary N) is 3. The zero-order chi connectivity index (χ0) is 20.8. The Morgan fingerprint density at radius 3 is 2.59 bits per heavy atom. The number of urea groups is 1. The van der Waals surface area contributed by atoms with Gasteiger partial charge in [-0.25, -0.2) is 4.79 Å². The number of carbonyl (C=O) groups excluding carboxylic acids is 2. The quantitative estimate of drug-likeness (QED) is 0.588. The molecule has 29 heavy (non-hydrogen) atoms. The fraction of sp³-hybridized carbons (Fsp3) is 0.450. The van der Waals surface area contributed by atoms with E-state index in [0.717, 1.165) is 5.69 Å². The van der Waals surface area contributed by atoms with E-state index in [0.29, 0.717) is 30.0 Å². The van der Waals surface area contributed by atoms with Crippen molar-refractivity contribution < 1.29 is 24.0 Å². The van der Waals surface area contributed by atoms with Crippen molar-refractivity contribution in [2.45, 2.75) is 51.4 Å². The van der Waals surface area contributed by atoms with E-state index in [1.807, 2.05) is 30.3 Å². The third-order valence-electron chi connectivity index (χ3n) is 4.85. The van der Waals surface area contributed by atoms with Gasteiger partial charge in [0.2, 0.25) is 5.91 Å². The minimum Gasteiger partial charge on any atom is -0.394 e. The lowest BCUT2D eigenvalue weighted by Crippen LogP contribution is -2.52. The zero-order valence-electron chi connectivity index (χ0n) is 16.5. The van der Waals surface area contributed by atoms with Crippen molar-refractivity contribution in [1.82, 2.24) is 10.5 Å². The monoisotopic (exact) mass is 402 g/mol. The van der Waals surface area contributed by atoms with Gasteiger partial charge in [-0.2, -0.15) is 0 Å². The number of aliphatic hydroxyl groups excluding tert-OH is 1. The molecule has 3 atom stereocenters. The molecule has 2 heterocycles. The molecule has 1 saturated heterocycles. The molecule has 4 N–H and O–H groups in total. The number of ether oxygens (including phenoxy) is 1. The van der Waals surface area contributed by atoms with Gasteiger partial charge >= 0.3 is 6.03 Å². The predicted molar refractivity (Wildman–Crippen MR) is 107 cm³/mol. The third-order valence-corrected chi connectivity index (χ3v) is 4.85. The number of hydrogen-bond donors (Lipinski definition) is 4. The zero-order valence-corrected chi connectivity index (χ0v) is 16.5. The number of nitrogens with zero attached hydrogens (tertiary/aromatic N) is 1. The fourth-order valence-electron chi connectivity index (χ4n) is 3.37. The van der Waals surface area contributed by atoms with Gasteiger partial charge in [-0.05, 0) is 38.8 Å². The summed E-state index contributed by atoms with van der Waals surface area (Å²) in [6, 6.07) is 8.40.